The Morgan fingerprint density at radius 3 is 2.32 bits per heavy atom. The monoisotopic (exact) mass is 263 g/mol. The molecule has 1 heterocycles. The summed E-state index contributed by atoms with van der Waals surface area (Å²) in [4.78, 5) is 36.1. The van der Waals surface area contributed by atoms with Crippen LogP contribution in [0.25, 0.3) is 0 Å². The fraction of sp³-hybridized carbons (Fsp3) is 0.538. The van der Waals surface area contributed by atoms with Gasteiger partial charge in [-0.25, -0.2) is 5.01 Å². The van der Waals surface area contributed by atoms with E-state index in [1.807, 2.05) is 0 Å². The van der Waals surface area contributed by atoms with Crippen LogP contribution in [0, 0.1) is 16.7 Å². The van der Waals surface area contributed by atoms with E-state index in [4.69, 9.17) is 5.26 Å². The Morgan fingerprint density at radius 2 is 1.89 bits per heavy atom. The average molecular weight is 263 g/mol. The molecule has 102 valence electrons. The molecule has 6 nitrogen and oxygen atoms in total. The third-order valence-corrected chi connectivity index (χ3v) is 2.83. The quantitative estimate of drug-likeness (QED) is 0.661. The fourth-order valence-corrected chi connectivity index (χ4v) is 1.81. The van der Waals surface area contributed by atoms with Gasteiger partial charge in [-0.05, 0) is 12.5 Å². The molecule has 0 radical (unpaired) electrons. The highest BCUT2D eigenvalue weighted by molar-refractivity contribution is 6.11. The van der Waals surface area contributed by atoms with Gasteiger partial charge in [0.2, 0.25) is 5.91 Å². The largest absolute Gasteiger partial charge is 0.290 e. The van der Waals surface area contributed by atoms with Crippen molar-refractivity contribution in [2.75, 3.05) is 7.05 Å². The van der Waals surface area contributed by atoms with Gasteiger partial charge in [-0.1, -0.05) is 20.8 Å². The molecule has 0 saturated heterocycles. The summed E-state index contributed by atoms with van der Waals surface area (Å²) in [6.45, 7) is 6.64. The van der Waals surface area contributed by atoms with Crippen LogP contribution >= 0.6 is 0 Å². The van der Waals surface area contributed by atoms with E-state index in [-0.39, 0.29) is 17.9 Å². The van der Waals surface area contributed by atoms with Gasteiger partial charge in [0, 0.05) is 12.5 Å². The van der Waals surface area contributed by atoms with E-state index in [1.54, 1.807) is 33.8 Å². The zero-order valence-electron chi connectivity index (χ0n) is 11.8. The lowest BCUT2D eigenvalue weighted by Crippen LogP contribution is -2.55. The van der Waals surface area contributed by atoms with Gasteiger partial charge in [-0.3, -0.25) is 14.4 Å². The Morgan fingerprint density at radius 1 is 1.37 bits per heavy atom. The van der Waals surface area contributed by atoms with Crippen molar-refractivity contribution in [3.8, 4) is 6.07 Å². The number of carbonyl (C=O) groups is 3. The molecule has 0 saturated carbocycles. The van der Waals surface area contributed by atoms with E-state index >= 15 is 0 Å². The lowest BCUT2D eigenvalue weighted by atomic mass is 9.95. The molecular formula is C13H17N3O3. The molecule has 0 spiro atoms. The maximum Gasteiger partial charge on any atom is 0.290 e. The summed E-state index contributed by atoms with van der Waals surface area (Å²) in [5, 5.41) is 10.7. The summed E-state index contributed by atoms with van der Waals surface area (Å²) < 4.78 is 0. The molecule has 0 atom stereocenters. The number of nitriles is 1. The molecule has 6 heteroatoms. The summed E-state index contributed by atoms with van der Waals surface area (Å²) in [7, 11) is 1.36. The van der Waals surface area contributed by atoms with E-state index in [2.05, 4.69) is 0 Å². The lowest BCUT2D eigenvalue weighted by Gasteiger charge is -2.35. The zero-order chi connectivity index (χ0) is 15.0. The van der Waals surface area contributed by atoms with Gasteiger partial charge in [0.1, 0.15) is 11.6 Å². The van der Waals surface area contributed by atoms with Crippen LogP contribution in [0.3, 0.4) is 0 Å². The van der Waals surface area contributed by atoms with E-state index in [0.717, 1.165) is 10.0 Å². The van der Waals surface area contributed by atoms with Crippen molar-refractivity contribution in [2.24, 2.45) is 5.41 Å². The second-order valence-corrected chi connectivity index (χ2v) is 5.53. The van der Waals surface area contributed by atoms with Crippen LogP contribution in [-0.4, -0.2) is 34.8 Å². The van der Waals surface area contributed by atoms with Crippen molar-refractivity contribution < 1.29 is 14.4 Å². The number of hydrazine groups is 1. The van der Waals surface area contributed by atoms with Gasteiger partial charge in [0.15, 0.2) is 0 Å². The molecule has 1 aliphatic rings. The van der Waals surface area contributed by atoms with Crippen molar-refractivity contribution in [2.45, 2.75) is 34.1 Å². The molecule has 0 aromatic rings. The average Bonchev–Trinajstić information content (AvgIpc) is 2.26. The van der Waals surface area contributed by atoms with E-state index in [1.165, 1.54) is 7.05 Å². The summed E-state index contributed by atoms with van der Waals surface area (Å²) >= 11 is 0. The molecule has 0 bridgehead atoms. The summed E-state index contributed by atoms with van der Waals surface area (Å²) in [6, 6.07) is 1.78. The van der Waals surface area contributed by atoms with Crippen LogP contribution in [0.4, 0.5) is 0 Å². The first-order valence-corrected chi connectivity index (χ1v) is 5.86. The van der Waals surface area contributed by atoms with Gasteiger partial charge in [0.05, 0.1) is 6.42 Å². The SMILES string of the molecule is CC1=C(C#N)C(=O)N(N(C)C(=O)C(C)(C)C)C(=O)C1. The second kappa shape index (κ2) is 4.84. The molecule has 0 N–H and O–H groups in total. The number of imide groups is 1. The summed E-state index contributed by atoms with van der Waals surface area (Å²) in [5.74, 6) is -1.61. The van der Waals surface area contributed by atoms with Gasteiger partial charge >= 0.3 is 0 Å². The topological polar surface area (TPSA) is 81.5 Å². The van der Waals surface area contributed by atoms with Gasteiger partial charge in [-0.15, -0.1) is 0 Å². The van der Waals surface area contributed by atoms with Crippen LogP contribution < -0.4 is 0 Å². The number of hydrogen-bond donors (Lipinski definition) is 0. The lowest BCUT2D eigenvalue weighted by molar-refractivity contribution is -0.173. The van der Waals surface area contributed by atoms with Crippen molar-refractivity contribution in [3.05, 3.63) is 11.1 Å². The Labute approximate surface area is 112 Å². The Balaban J connectivity index is 3.16. The van der Waals surface area contributed by atoms with Crippen LogP contribution in [0.15, 0.2) is 11.1 Å². The Bertz CT molecular complexity index is 520. The van der Waals surface area contributed by atoms with Gasteiger partial charge in [-0.2, -0.15) is 10.3 Å². The summed E-state index contributed by atoms with van der Waals surface area (Å²) in [6.07, 6.45) is -0.0314. The summed E-state index contributed by atoms with van der Waals surface area (Å²) in [5.41, 5.74) is -0.364. The molecule has 0 aromatic heterocycles. The first kappa shape index (κ1) is 14.9. The number of rotatable bonds is 1. The molecule has 0 unspecified atom stereocenters. The molecule has 19 heavy (non-hydrogen) atoms. The minimum atomic E-state index is -0.739. The van der Waals surface area contributed by atoms with Gasteiger partial charge < -0.3 is 0 Å². The standard InChI is InChI=1S/C13H17N3O3/c1-8-6-10(17)16(11(18)9(8)7-14)15(5)12(19)13(2,3)4/h6H2,1-5H3. The molecule has 1 aliphatic heterocycles. The van der Waals surface area contributed by atoms with Crippen molar-refractivity contribution in [1.82, 2.24) is 10.0 Å². The molecule has 0 aromatic carbocycles. The third-order valence-electron chi connectivity index (χ3n) is 2.83. The Hall–Kier alpha value is -2.16. The van der Waals surface area contributed by atoms with Crippen LogP contribution in [0.1, 0.15) is 34.1 Å². The van der Waals surface area contributed by atoms with Crippen LogP contribution in [0.5, 0.6) is 0 Å². The highest BCUT2D eigenvalue weighted by Crippen LogP contribution is 2.24. The third kappa shape index (κ3) is 2.65. The second-order valence-electron chi connectivity index (χ2n) is 5.53. The minimum absolute atomic E-state index is 0.0314. The normalized spacial score (nSPS) is 16.5. The molecule has 0 aliphatic carbocycles. The van der Waals surface area contributed by atoms with E-state index in [0.29, 0.717) is 5.57 Å². The zero-order valence-corrected chi connectivity index (χ0v) is 11.8. The highest BCUT2D eigenvalue weighted by Gasteiger charge is 2.39. The first-order valence-electron chi connectivity index (χ1n) is 5.86. The fourth-order valence-electron chi connectivity index (χ4n) is 1.81. The molecule has 1 rings (SSSR count). The molecule has 0 fully saturated rings. The Kier molecular flexibility index (Phi) is 3.80. The van der Waals surface area contributed by atoms with E-state index < -0.39 is 17.2 Å². The smallest absolute Gasteiger partial charge is 0.272 e. The predicted molar refractivity (Wildman–Crippen MR) is 67.0 cm³/mol. The number of hydrogen-bond acceptors (Lipinski definition) is 4. The van der Waals surface area contributed by atoms with Crippen molar-refractivity contribution in [3.63, 3.8) is 0 Å². The van der Waals surface area contributed by atoms with Crippen molar-refractivity contribution in [1.29, 1.82) is 5.26 Å². The highest BCUT2D eigenvalue weighted by atomic mass is 16.2. The van der Waals surface area contributed by atoms with E-state index in [9.17, 15) is 14.4 Å². The van der Waals surface area contributed by atoms with Crippen molar-refractivity contribution >= 4 is 17.7 Å². The molecular weight excluding hydrogens is 246 g/mol. The molecule has 3 amide bonds. The van der Waals surface area contributed by atoms with Gasteiger partial charge in [0.25, 0.3) is 11.8 Å². The number of amides is 3. The van der Waals surface area contributed by atoms with Crippen LogP contribution in [-0.2, 0) is 14.4 Å². The van der Waals surface area contributed by atoms with Crippen LogP contribution in [0.2, 0.25) is 0 Å². The number of nitrogens with zero attached hydrogens (tertiary/aromatic N) is 3. The maximum absolute atomic E-state index is 12.1. The minimum Gasteiger partial charge on any atom is -0.272 e. The maximum atomic E-state index is 12.1. The predicted octanol–water partition coefficient (Wildman–Crippen LogP) is 1.00. The first-order chi connectivity index (χ1) is 8.61. The number of carbonyl (C=O) groups excluding carboxylic acids is 3.